The summed E-state index contributed by atoms with van der Waals surface area (Å²) in [5.74, 6) is -0.700. The van der Waals surface area contributed by atoms with Crippen LogP contribution in [0.1, 0.15) is 37.5 Å². The Hall–Kier alpha value is -4.39. The fourth-order valence-corrected chi connectivity index (χ4v) is 4.35. The molecule has 164 valence electrons. The van der Waals surface area contributed by atoms with Crippen LogP contribution >= 0.6 is 0 Å². The van der Waals surface area contributed by atoms with Crippen molar-refractivity contribution in [1.29, 1.82) is 0 Å². The zero-order valence-corrected chi connectivity index (χ0v) is 18.0. The maximum atomic E-state index is 12.9. The third-order valence-corrected chi connectivity index (χ3v) is 5.95. The number of benzene rings is 3. The van der Waals surface area contributed by atoms with Crippen molar-refractivity contribution in [2.75, 3.05) is 5.32 Å². The summed E-state index contributed by atoms with van der Waals surface area (Å²) < 4.78 is 1.64. The van der Waals surface area contributed by atoms with Crippen LogP contribution in [0.5, 0.6) is 5.75 Å². The van der Waals surface area contributed by atoms with Crippen molar-refractivity contribution in [1.82, 2.24) is 9.78 Å². The van der Waals surface area contributed by atoms with Crippen LogP contribution in [0.15, 0.2) is 66.7 Å². The van der Waals surface area contributed by atoms with Gasteiger partial charge in [0.05, 0.1) is 11.4 Å². The van der Waals surface area contributed by atoms with Gasteiger partial charge >= 0.3 is 0 Å². The molecule has 0 radical (unpaired) electrons. The topological polar surface area (TPSA) is 110 Å². The van der Waals surface area contributed by atoms with E-state index in [0.717, 1.165) is 34.4 Å². The number of aromatic hydroxyl groups is 1. The second-order valence-electron chi connectivity index (χ2n) is 8.11. The van der Waals surface area contributed by atoms with Gasteiger partial charge in [-0.3, -0.25) is 9.59 Å². The van der Waals surface area contributed by atoms with Gasteiger partial charge in [-0.25, -0.2) is 4.68 Å². The van der Waals surface area contributed by atoms with Crippen LogP contribution in [0.2, 0.25) is 0 Å². The van der Waals surface area contributed by atoms with E-state index in [1.807, 2.05) is 43.3 Å². The number of nitrogens with zero attached hydrogens (tertiary/aromatic N) is 2. The molecule has 0 atom stereocenters. The summed E-state index contributed by atoms with van der Waals surface area (Å²) in [5.41, 5.74) is 12.0. The van der Waals surface area contributed by atoms with E-state index in [1.54, 1.807) is 35.0 Å². The second-order valence-corrected chi connectivity index (χ2v) is 8.11. The Balaban J connectivity index is 1.62. The largest absolute Gasteiger partial charge is 0.508 e. The highest BCUT2D eigenvalue weighted by molar-refractivity contribution is 6.05. The first-order valence-electron chi connectivity index (χ1n) is 10.6. The Morgan fingerprint density at radius 2 is 1.85 bits per heavy atom. The number of phenols is 1. The number of fused-ring (bicyclic) bond motifs is 3. The van der Waals surface area contributed by atoms with Gasteiger partial charge in [0, 0.05) is 28.4 Å². The van der Waals surface area contributed by atoms with Crippen molar-refractivity contribution in [3.8, 4) is 22.7 Å². The average molecular weight is 438 g/mol. The molecule has 0 aliphatic heterocycles. The van der Waals surface area contributed by atoms with Crippen molar-refractivity contribution in [3.05, 3.63) is 94.7 Å². The van der Waals surface area contributed by atoms with Gasteiger partial charge < -0.3 is 16.2 Å². The fourth-order valence-electron chi connectivity index (χ4n) is 4.35. The number of phenolic OH excluding ortho intramolecular Hbond substituents is 1. The van der Waals surface area contributed by atoms with Gasteiger partial charge in [-0.05, 0) is 61.2 Å². The molecule has 3 aromatic carbocycles. The van der Waals surface area contributed by atoms with Gasteiger partial charge in [0.15, 0.2) is 5.69 Å². The Bertz CT molecular complexity index is 1420. The summed E-state index contributed by atoms with van der Waals surface area (Å²) in [4.78, 5) is 25.0. The molecule has 0 spiro atoms. The minimum absolute atomic E-state index is 0.0904. The lowest BCUT2D eigenvalue weighted by molar-refractivity contribution is 0.0992. The molecule has 1 aliphatic rings. The van der Waals surface area contributed by atoms with E-state index in [1.165, 1.54) is 0 Å². The van der Waals surface area contributed by atoms with E-state index in [0.29, 0.717) is 23.4 Å². The van der Waals surface area contributed by atoms with E-state index in [4.69, 9.17) is 5.73 Å². The molecule has 4 N–H and O–H groups in total. The van der Waals surface area contributed by atoms with E-state index >= 15 is 0 Å². The smallest absolute Gasteiger partial charge is 0.269 e. The van der Waals surface area contributed by atoms with E-state index < -0.39 is 5.91 Å². The number of nitrogens with one attached hydrogen (secondary N) is 1. The minimum atomic E-state index is -0.599. The number of rotatable bonds is 4. The van der Waals surface area contributed by atoms with Crippen molar-refractivity contribution < 1.29 is 14.7 Å². The summed E-state index contributed by atoms with van der Waals surface area (Å²) in [7, 11) is 0. The van der Waals surface area contributed by atoms with Crippen LogP contribution < -0.4 is 11.1 Å². The van der Waals surface area contributed by atoms with Crippen molar-refractivity contribution in [3.63, 3.8) is 0 Å². The molecule has 7 nitrogen and oxygen atoms in total. The van der Waals surface area contributed by atoms with Crippen molar-refractivity contribution >= 4 is 17.5 Å². The Labute approximate surface area is 190 Å². The number of primary amides is 1. The normalized spacial score (nSPS) is 12.0. The molecule has 1 heterocycles. The molecule has 1 aliphatic carbocycles. The number of hydrogen-bond acceptors (Lipinski definition) is 4. The SMILES string of the molecule is Cc1ccccc1C(=O)Nc1ccc2c(c1)-c1c(c(C(N)=O)nn1-c1cccc(O)c1)CC2. The summed E-state index contributed by atoms with van der Waals surface area (Å²) in [6.45, 7) is 1.90. The average Bonchev–Trinajstić information content (AvgIpc) is 3.20. The summed E-state index contributed by atoms with van der Waals surface area (Å²) in [6, 6.07) is 19.8. The third kappa shape index (κ3) is 3.63. The van der Waals surface area contributed by atoms with Crippen LogP contribution in [0.3, 0.4) is 0 Å². The van der Waals surface area contributed by atoms with Crippen molar-refractivity contribution in [2.45, 2.75) is 19.8 Å². The number of amides is 2. The lowest BCUT2D eigenvalue weighted by Crippen LogP contribution is -2.16. The van der Waals surface area contributed by atoms with Crippen LogP contribution in [-0.2, 0) is 12.8 Å². The number of hydrogen-bond donors (Lipinski definition) is 3. The Morgan fingerprint density at radius 1 is 1.03 bits per heavy atom. The second kappa shape index (κ2) is 7.94. The van der Waals surface area contributed by atoms with Gasteiger partial charge in [-0.2, -0.15) is 5.10 Å². The molecule has 33 heavy (non-hydrogen) atoms. The number of nitrogens with two attached hydrogens (primary N) is 1. The number of aryl methyl sites for hydroxylation is 2. The highest BCUT2D eigenvalue weighted by Crippen LogP contribution is 2.38. The van der Waals surface area contributed by atoms with Gasteiger partial charge in [0.1, 0.15) is 5.75 Å². The molecule has 0 bridgehead atoms. The summed E-state index contributed by atoms with van der Waals surface area (Å²) in [5, 5.41) is 17.5. The molecule has 1 aromatic heterocycles. The maximum absolute atomic E-state index is 12.9. The standard InChI is InChI=1S/C26H22N4O3/c1-15-5-2-3-8-20(15)26(33)28-17-11-9-16-10-12-21-23(25(27)32)29-30(24(21)22(16)13-17)18-6-4-7-19(31)14-18/h2-9,11,13-14,31H,10,12H2,1H3,(H2,27,32)(H,28,33). The first kappa shape index (κ1) is 20.5. The summed E-state index contributed by atoms with van der Waals surface area (Å²) in [6.07, 6.45) is 1.34. The van der Waals surface area contributed by atoms with Crippen LogP contribution in [0, 0.1) is 6.92 Å². The van der Waals surface area contributed by atoms with E-state index in [-0.39, 0.29) is 17.4 Å². The Kier molecular flexibility index (Phi) is 4.94. The van der Waals surface area contributed by atoms with Crippen LogP contribution in [-0.4, -0.2) is 26.7 Å². The number of anilines is 1. The predicted octanol–water partition coefficient (Wildman–Crippen LogP) is 4.00. The molecular formula is C26H22N4O3. The molecule has 0 saturated heterocycles. The van der Waals surface area contributed by atoms with Gasteiger partial charge in [-0.1, -0.05) is 30.3 Å². The third-order valence-electron chi connectivity index (χ3n) is 5.95. The maximum Gasteiger partial charge on any atom is 0.269 e. The molecule has 0 unspecified atom stereocenters. The lowest BCUT2D eigenvalue weighted by Gasteiger charge is -2.20. The molecule has 5 rings (SSSR count). The van der Waals surface area contributed by atoms with Gasteiger partial charge in [0.25, 0.3) is 11.8 Å². The first-order valence-corrected chi connectivity index (χ1v) is 10.6. The van der Waals surface area contributed by atoms with Crippen LogP contribution in [0.25, 0.3) is 16.9 Å². The van der Waals surface area contributed by atoms with Crippen LogP contribution in [0.4, 0.5) is 5.69 Å². The molecule has 0 saturated carbocycles. The highest BCUT2D eigenvalue weighted by atomic mass is 16.3. The molecule has 0 fully saturated rings. The fraction of sp³-hybridized carbons (Fsp3) is 0.115. The van der Waals surface area contributed by atoms with E-state index in [9.17, 15) is 14.7 Å². The highest BCUT2D eigenvalue weighted by Gasteiger charge is 2.28. The minimum Gasteiger partial charge on any atom is -0.508 e. The van der Waals surface area contributed by atoms with Gasteiger partial charge in [-0.15, -0.1) is 0 Å². The zero-order valence-electron chi connectivity index (χ0n) is 18.0. The Morgan fingerprint density at radius 3 is 2.61 bits per heavy atom. The molecule has 4 aromatic rings. The quantitative estimate of drug-likeness (QED) is 0.447. The number of aromatic nitrogens is 2. The first-order chi connectivity index (χ1) is 15.9. The predicted molar refractivity (Wildman–Crippen MR) is 126 cm³/mol. The molecular weight excluding hydrogens is 416 g/mol. The zero-order chi connectivity index (χ0) is 23.1. The number of carbonyl (C=O) groups is 2. The van der Waals surface area contributed by atoms with Gasteiger partial charge in [0.2, 0.25) is 0 Å². The van der Waals surface area contributed by atoms with E-state index in [2.05, 4.69) is 10.4 Å². The summed E-state index contributed by atoms with van der Waals surface area (Å²) >= 11 is 0. The number of carbonyl (C=O) groups excluding carboxylic acids is 2. The monoisotopic (exact) mass is 438 g/mol. The lowest BCUT2D eigenvalue weighted by atomic mass is 9.88. The molecule has 7 heteroatoms. The van der Waals surface area contributed by atoms with Crippen molar-refractivity contribution in [2.24, 2.45) is 5.73 Å². The molecule has 2 amide bonds.